The Labute approximate surface area is 108 Å². The number of nitrogens with one attached hydrogen (secondary N) is 1. The summed E-state index contributed by atoms with van der Waals surface area (Å²) in [6, 6.07) is 3.15. The van der Waals surface area contributed by atoms with Crippen molar-refractivity contribution in [2.45, 2.75) is 6.92 Å². The molecule has 0 bridgehead atoms. The lowest BCUT2D eigenvalue weighted by Gasteiger charge is -2.06. The van der Waals surface area contributed by atoms with E-state index in [0.717, 1.165) is 15.2 Å². The fourth-order valence-corrected chi connectivity index (χ4v) is 2.42. The number of thiazole rings is 1. The lowest BCUT2D eigenvalue weighted by Crippen LogP contribution is -2.16. The molecular weight excluding hydrogens is 254 g/mol. The molecule has 0 aliphatic heterocycles. The number of aromatic nitrogens is 1. The lowest BCUT2D eigenvalue weighted by atomic mass is 10.3. The van der Waals surface area contributed by atoms with Gasteiger partial charge < -0.3 is 10.1 Å². The second-order valence-corrected chi connectivity index (χ2v) is 4.96. The van der Waals surface area contributed by atoms with Gasteiger partial charge in [0, 0.05) is 18.7 Å². The fourth-order valence-electron chi connectivity index (χ4n) is 1.58. The maximum Gasteiger partial charge on any atom is 0.312 e. The van der Waals surface area contributed by atoms with Crippen LogP contribution >= 0.6 is 11.3 Å². The van der Waals surface area contributed by atoms with Gasteiger partial charge in [0.05, 0.1) is 20.1 Å². The molecule has 0 unspecified atom stereocenters. The first kappa shape index (κ1) is 12.7. The van der Waals surface area contributed by atoms with Crippen molar-refractivity contribution in [3.05, 3.63) is 27.3 Å². The van der Waals surface area contributed by atoms with Gasteiger partial charge in [-0.2, -0.15) is 0 Å². The Hall–Kier alpha value is -1.73. The van der Waals surface area contributed by atoms with Gasteiger partial charge in [-0.1, -0.05) is 0 Å². The fraction of sp³-hybridized carbons (Fsp3) is 0.364. The Morgan fingerprint density at radius 2 is 2.33 bits per heavy atom. The van der Waals surface area contributed by atoms with Gasteiger partial charge in [0.15, 0.2) is 5.75 Å². The van der Waals surface area contributed by atoms with E-state index >= 15 is 0 Å². The molecule has 2 rings (SSSR count). The van der Waals surface area contributed by atoms with E-state index in [1.165, 1.54) is 17.4 Å². The summed E-state index contributed by atoms with van der Waals surface area (Å²) in [5.41, 5.74) is 0.727. The van der Waals surface area contributed by atoms with Gasteiger partial charge in [-0.25, -0.2) is 4.98 Å². The highest BCUT2D eigenvalue weighted by atomic mass is 32.1. The molecule has 0 atom stereocenters. The van der Waals surface area contributed by atoms with Crippen LogP contribution in [0.5, 0.6) is 5.75 Å². The summed E-state index contributed by atoms with van der Waals surface area (Å²) < 4.78 is 6.22. The molecule has 1 N–H and O–H groups in total. The van der Waals surface area contributed by atoms with Crippen LogP contribution in [0.2, 0.25) is 0 Å². The van der Waals surface area contributed by atoms with Gasteiger partial charge in [0.25, 0.3) is 0 Å². The van der Waals surface area contributed by atoms with Crippen LogP contribution in [0, 0.1) is 17.0 Å². The quantitative estimate of drug-likeness (QED) is 0.510. The molecule has 0 radical (unpaired) electrons. The van der Waals surface area contributed by atoms with Crippen LogP contribution < -0.4 is 10.1 Å². The Bertz CT molecular complexity index is 582. The number of hydrogen-bond acceptors (Lipinski definition) is 6. The summed E-state index contributed by atoms with van der Waals surface area (Å²) in [6.45, 7) is 2.88. The zero-order chi connectivity index (χ0) is 13.1. The number of ether oxygens (including phenoxy) is 1. The molecule has 96 valence electrons. The Morgan fingerprint density at radius 3 is 3.00 bits per heavy atom. The average Bonchev–Trinajstić information content (AvgIpc) is 2.67. The molecule has 6 nitrogen and oxygen atoms in total. The third-order valence-corrected chi connectivity index (χ3v) is 3.32. The first-order chi connectivity index (χ1) is 8.61. The molecule has 1 aromatic heterocycles. The van der Waals surface area contributed by atoms with Gasteiger partial charge in [-0.15, -0.1) is 11.3 Å². The summed E-state index contributed by atoms with van der Waals surface area (Å²) in [7, 11) is 1.80. The van der Waals surface area contributed by atoms with Crippen LogP contribution in [0.15, 0.2) is 12.1 Å². The minimum Gasteiger partial charge on any atom is -0.485 e. The molecule has 0 aliphatic carbocycles. The Kier molecular flexibility index (Phi) is 3.73. The monoisotopic (exact) mass is 267 g/mol. The number of benzene rings is 1. The maximum atomic E-state index is 11.0. The first-order valence-corrected chi connectivity index (χ1v) is 6.26. The number of nitro benzene ring substituents is 1. The highest BCUT2D eigenvalue weighted by Gasteiger charge is 2.18. The van der Waals surface area contributed by atoms with Crippen molar-refractivity contribution >= 4 is 27.2 Å². The third kappa shape index (κ3) is 2.57. The number of hydrogen-bond donors (Lipinski definition) is 1. The van der Waals surface area contributed by atoms with Gasteiger partial charge in [0.2, 0.25) is 0 Å². The zero-order valence-corrected chi connectivity index (χ0v) is 10.9. The Balaban J connectivity index is 2.40. The first-order valence-electron chi connectivity index (χ1n) is 5.45. The number of fused-ring (bicyclic) bond motifs is 1. The number of aryl methyl sites for hydroxylation is 1. The van der Waals surface area contributed by atoms with Crippen LogP contribution in [0.3, 0.4) is 0 Å². The van der Waals surface area contributed by atoms with Gasteiger partial charge in [0.1, 0.15) is 6.61 Å². The molecule has 7 heteroatoms. The predicted molar refractivity (Wildman–Crippen MR) is 70.4 cm³/mol. The van der Waals surface area contributed by atoms with E-state index in [2.05, 4.69) is 10.3 Å². The van der Waals surface area contributed by atoms with Crippen LogP contribution in [-0.2, 0) is 0 Å². The lowest BCUT2D eigenvalue weighted by molar-refractivity contribution is -0.385. The summed E-state index contributed by atoms with van der Waals surface area (Å²) in [4.78, 5) is 14.9. The summed E-state index contributed by atoms with van der Waals surface area (Å²) in [5.74, 6) is 0.271. The number of nitro groups is 1. The van der Waals surface area contributed by atoms with Crippen LogP contribution in [-0.4, -0.2) is 30.1 Å². The van der Waals surface area contributed by atoms with E-state index in [4.69, 9.17) is 4.74 Å². The second-order valence-electron chi connectivity index (χ2n) is 3.73. The average molecular weight is 267 g/mol. The maximum absolute atomic E-state index is 11.0. The van der Waals surface area contributed by atoms with Crippen molar-refractivity contribution in [2.75, 3.05) is 20.2 Å². The van der Waals surface area contributed by atoms with Crippen molar-refractivity contribution in [1.82, 2.24) is 10.3 Å². The van der Waals surface area contributed by atoms with E-state index in [0.29, 0.717) is 13.2 Å². The normalized spacial score (nSPS) is 10.8. The van der Waals surface area contributed by atoms with Gasteiger partial charge in [-0.3, -0.25) is 10.1 Å². The number of rotatable bonds is 5. The van der Waals surface area contributed by atoms with Crippen LogP contribution in [0.25, 0.3) is 10.2 Å². The van der Waals surface area contributed by atoms with Crippen LogP contribution in [0.4, 0.5) is 5.69 Å². The van der Waals surface area contributed by atoms with Crippen molar-refractivity contribution in [3.63, 3.8) is 0 Å². The van der Waals surface area contributed by atoms with Crippen LogP contribution in [0.1, 0.15) is 5.01 Å². The summed E-state index contributed by atoms with van der Waals surface area (Å²) >= 11 is 1.44. The minimum atomic E-state index is -0.427. The second kappa shape index (κ2) is 5.28. The zero-order valence-electron chi connectivity index (χ0n) is 10.1. The molecule has 18 heavy (non-hydrogen) atoms. The van der Waals surface area contributed by atoms with E-state index < -0.39 is 4.92 Å². The van der Waals surface area contributed by atoms with Gasteiger partial charge in [-0.05, 0) is 14.0 Å². The molecule has 2 aromatic rings. The Morgan fingerprint density at radius 1 is 1.56 bits per heavy atom. The van der Waals surface area contributed by atoms with Crippen molar-refractivity contribution in [3.8, 4) is 5.75 Å². The molecular formula is C11H13N3O3S. The summed E-state index contributed by atoms with van der Waals surface area (Å²) in [5, 5.41) is 14.8. The van der Waals surface area contributed by atoms with E-state index in [1.54, 1.807) is 13.1 Å². The van der Waals surface area contributed by atoms with Gasteiger partial charge >= 0.3 is 5.69 Å². The molecule has 0 saturated carbocycles. The summed E-state index contributed by atoms with van der Waals surface area (Å²) in [6.07, 6.45) is 0. The molecule has 1 aromatic carbocycles. The molecule has 0 spiro atoms. The van der Waals surface area contributed by atoms with E-state index in [9.17, 15) is 10.1 Å². The standard InChI is InChI=1S/C11H13N3O3S/c1-7-13-8-5-10(17-4-3-12-2)9(14(15)16)6-11(8)18-7/h5-6,12H,3-4H2,1-2H3. The van der Waals surface area contributed by atoms with E-state index in [-0.39, 0.29) is 11.4 Å². The molecule has 0 aliphatic rings. The van der Waals surface area contributed by atoms with Crippen molar-refractivity contribution in [1.29, 1.82) is 0 Å². The van der Waals surface area contributed by atoms with E-state index in [1.807, 2.05) is 6.92 Å². The number of likely N-dealkylation sites (N-methyl/N-ethyl adjacent to an activating group) is 1. The SMILES string of the molecule is CNCCOc1cc2nc(C)sc2cc1[N+](=O)[O-]. The minimum absolute atomic E-state index is 0.0118. The largest absolute Gasteiger partial charge is 0.485 e. The third-order valence-electron chi connectivity index (χ3n) is 2.38. The highest BCUT2D eigenvalue weighted by Crippen LogP contribution is 2.34. The molecule has 0 saturated heterocycles. The predicted octanol–water partition coefficient (Wildman–Crippen LogP) is 2.11. The highest BCUT2D eigenvalue weighted by molar-refractivity contribution is 7.18. The smallest absolute Gasteiger partial charge is 0.312 e. The molecule has 0 fully saturated rings. The topological polar surface area (TPSA) is 77.3 Å². The van der Waals surface area contributed by atoms with Crippen molar-refractivity contribution < 1.29 is 9.66 Å². The molecule has 0 amide bonds. The molecule has 1 heterocycles. The number of nitrogens with zero attached hydrogens (tertiary/aromatic N) is 2. The van der Waals surface area contributed by atoms with Crippen molar-refractivity contribution in [2.24, 2.45) is 0 Å².